The number of halogens is 3. The summed E-state index contributed by atoms with van der Waals surface area (Å²) in [6.07, 6.45) is -4.91. The number of ether oxygens (including phenoxy) is 1. The molecular weight excluding hydrogens is 579 g/mol. The Labute approximate surface area is 241 Å². The third-order valence-corrected chi connectivity index (χ3v) is 9.65. The van der Waals surface area contributed by atoms with Crippen molar-refractivity contribution in [1.29, 1.82) is 0 Å². The highest BCUT2D eigenvalue weighted by Crippen LogP contribution is 2.32. The molecule has 4 rings (SSSR count). The Morgan fingerprint density at radius 3 is 2.27 bits per heavy atom. The van der Waals surface area contributed by atoms with Crippen LogP contribution in [0.2, 0.25) is 0 Å². The van der Waals surface area contributed by atoms with Crippen LogP contribution in [0.5, 0.6) is 5.75 Å². The zero-order valence-electron chi connectivity index (χ0n) is 23.0. The molecule has 0 unspecified atom stereocenters. The first kappa shape index (κ1) is 30.6. The summed E-state index contributed by atoms with van der Waals surface area (Å²) >= 11 is 1.25. The van der Waals surface area contributed by atoms with Crippen molar-refractivity contribution in [3.63, 3.8) is 0 Å². The predicted octanol–water partition coefficient (Wildman–Crippen LogP) is 4.43. The van der Waals surface area contributed by atoms with E-state index in [0.717, 1.165) is 39.7 Å². The summed E-state index contributed by atoms with van der Waals surface area (Å²) in [5.74, 6) is -1.07. The number of carbonyl (C=O) groups is 1. The molecule has 1 aliphatic rings. The zero-order chi connectivity index (χ0) is 30.2. The minimum Gasteiger partial charge on any atom is -0.406 e. The average Bonchev–Trinajstić information content (AvgIpc) is 3.24. The molecule has 3 N–H and O–H groups in total. The fourth-order valence-corrected chi connectivity index (χ4v) is 6.79. The maximum Gasteiger partial charge on any atom is 0.573 e. The second kappa shape index (κ2) is 11.5. The van der Waals surface area contributed by atoms with E-state index in [2.05, 4.69) is 35.8 Å². The van der Waals surface area contributed by atoms with E-state index in [4.69, 9.17) is 5.73 Å². The molecule has 1 saturated heterocycles. The number of rotatable bonds is 7. The SMILES string of the molecule is Cc1nc(N2CCN(S(=O)(=O)c3ccc(OC(F)(F)F)cc3)[C@@H](C(=O)NCc3ccc(C(C)(C)C)cc3)C2)sc1N. The number of thiazole rings is 1. The number of amides is 1. The first-order chi connectivity index (χ1) is 19.0. The number of nitrogens with two attached hydrogens (primary N) is 1. The monoisotopic (exact) mass is 611 g/mol. The first-order valence-corrected chi connectivity index (χ1v) is 15.0. The quantitative estimate of drug-likeness (QED) is 0.406. The highest BCUT2D eigenvalue weighted by Gasteiger charge is 2.41. The van der Waals surface area contributed by atoms with Crippen molar-refractivity contribution in [3.05, 3.63) is 65.4 Å². The number of carbonyl (C=O) groups excluding carboxylic acids is 1. The number of nitrogen functional groups attached to an aromatic ring is 1. The molecule has 222 valence electrons. The average molecular weight is 612 g/mol. The van der Waals surface area contributed by atoms with Crippen molar-refractivity contribution in [1.82, 2.24) is 14.6 Å². The number of aryl methyl sites for hydroxylation is 1. The lowest BCUT2D eigenvalue weighted by Gasteiger charge is -2.39. The predicted molar refractivity (Wildman–Crippen MR) is 151 cm³/mol. The van der Waals surface area contributed by atoms with E-state index in [1.807, 2.05) is 29.2 Å². The van der Waals surface area contributed by atoms with Gasteiger partial charge in [-0.05, 0) is 47.7 Å². The summed E-state index contributed by atoms with van der Waals surface area (Å²) in [4.78, 5) is 19.5. The van der Waals surface area contributed by atoms with Crippen LogP contribution in [0.15, 0.2) is 53.4 Å². The molecule has 1 aliphatic heterocycles. The van der Waals surface area contributed by atoms with Gasteiger partial charge in [0.2, 0.25) is 15.9 Å². The maximum absolute atomic E-state index is 13.6. The lowest BCUT2D eigenvalue weighted by Crippen LogP contribution is -2.60. The van der Waals surface area contributed by atoms with E-state index < -0.39 is 34.1 Å². The molecule has 2 aromatic carbocycles. The number of alkyl halides is 3. The minimum absolute atomic E-state index is 0.00961. The van der Waals surface area contributed by atoms with Crippen molar-refractivity contribution in [3.8, 4) is 5.75 Å². The third-order valence-electron chi connectivity index (χ3n) is 6.68. The molecule has 0 saturated carbocycles. The molecule has 0 spiro atoms. The zero-order valence-corrected chi connectivity index (χ0v) is 24.7. The standard InChI is InChI=1S/C27H32F3N5O4S2/c1-17-23(31)40-25(33-17)34-13-14-35(41(37,38)21-11-9-20(10-12-21)39-27(28,29)30)22(16-34)24(36)32-15-18-5-7-19(8-6-18)26(2,3)4/h5-12,22H,13-16,31H2,1-4H3,(H,32,36)/t22-/m1/s1. The Balaban J connectivity index is 1.57. The van der Waals surface area contributed by atoms with Crippen LogP contribution in [0.1, 0.15) is 37.6 Å². The Hall–Kier alpha value is -3.36. The number of nitrogens with zero attached hydrogens (tertiary/aromatic N) is 3. The number of benzene rings is 2. The molecule has 3 aromatic rings. The lowest BCUT2D eigenvalue weighted by atomic mass is 9.87. The van der Waals surface area contributed by atoms with Gasteiger partial charge < -0.3 is 20.7 Å². The number of nitrogens with one attached hydrogen (secondary N) is 1. The van der Waals surface area contributed by atoms with E-state index in [-0.39, 0.29) is 36.5 Å². The maximum atomic E-state index is 13.6. The van der Waals surface area contributed by atoms with Gasteiger partial charge in [0, 0.05) is 26.2 Å². The summed E-state index contributed by atoms with van der Waals surface area (Å²) in [7, 11) is -4.26. The van der Waals surface area contributed by atoms with Crippen LogP contribution in [0.25, 0.3) is 0 Å². The summed E-state index contributed by atoms with van der Waals surface area (Å²) < 4.78 is 69.9. The van der Waals surface area contributed by atoms with Crippen LogP contribution < -0.4 is 20.7 Å². The number of anilines is 2. The molecular formula is C27H32F3N5O4S2. The highest BCUT2D eigenvalue weighted by molar-refractivity contribution is 7.89. The van der Waals surface area contributed by atoms with Gasteiger partial charge in [0.25, 0.3) is 0 Å². The fraction of sp³-hybridized carbons (Fsp3) is 0.407. The fourth-order valence-electron chi connectivity index (χ4n) is 4.35. The Morgan fingerprint density at radius 1 is 1.10 bits per heavy atom. The molecule has 0 bridgehead atoms. The summed E-state index contributed by atoms with van der Waals surface area (Å²) in [6, 6.07) is 10.6. The Bertz CT molecular complexity index is 1470. The number of aromatic nitrogens is 1. The topological polar surface area (TPSA) is 118 Å². The van der Waals surface area contributed by atoms with Crippen molar-refractivity contribution in [2.45, 2.75) is 57.0 Å². The van der Waals surface area contributed by atoms with E-state index >= 15 is 0 Å². The molecule has 14 heteroatoms. The van der Waals surface area contributed by atoms with Gasteiger partial charge in [-0.3, -0.25) is 4.79 Å². The van der Waals surface area contributed by atoms with E-state index in [1.165, 1.54) is 11.3 Å². The van der Waals surface area contributed by atoms with Crippen LogP contribution in [0, 0.1) is 6.92 Å². The first-order valence-electron chi connectivity index (χ1n) is 12.8. The normalized spacial score (nSPS) is 17.0. The number of hydrogen-bond donors (Lipinski definition) is 2. The van der Waals surface area contributed by atoms with Crippen molar-refractivity contribution < 1.29 is 31.1 Å². The Morgan fingerprint density at radius 2 is 1.73 bits per heavy atom. The molecule has 0 aliphatic carbocycles. The van der Waals surface area contributed by atoms with Crippen LogP contribution in [0.4, 0.5) is 23.3 Å². The van der Waals surface area contributed by atoms with Crippen LogP contribution >= 0.6 is 11.3 Å². The van der Waals surface area contributed by atoms with Crippen LogP contribution in [-0.2, 0) is 26.8 Å². The van der Waals surface area contributed by atoms with E-state index in [0.29, 0.717) is 15.8 Å². The lowest BCUT2D eigenvalue weighted by molar-refractivity contribution is -0.274. The molecule has 0 radical (unpaired) electrons. The highest BCUT2D eigenvalue weighted by atomic mass is 32.2. The van der Waals surface area contributed by atoms with Gasteiger partial charge in [0.1, 0.15) is 16.8 Å². The van der Waals surface area contributed by atoms with Gasteiger partial charge in [-0.2, -0.15) is 4.31 Å². The van der Waals surface area contributed by atoms with Crippen molar-refractivity contribution in [2.24, 2.45) is 0 Å². The number of sulfonamides is 1. The van der Waals surface area contributed by atoms with E-state index in [1.54, 1.807) is 6.92 Å². The van der Waals surface area contributed by atoms with Crippen molar-refractivity contribution >= 4 is 37.4 Å². The molecule has 41 heavy (non-hydrogen) atoms. The van der Waals surface area contributed by atoms with Gasteiger partial charge >= 0.3 is 6.36 Å². The summed E-state index contributed by atoms with van der Waals surface area (Å²) in [5, 5.41) is 3.94. The Kier molecular flexibility index (Phi) is 8.58. The molecule has 1 amide bonds. The molecule has 9 nitrogen and oxygen atoms in total. The van der Waals surface area contributed by atoms with Gasteiger partial charge in [0.15, 0.2) is 5.13 Å². The molecule has 1 aromatic heterocycles. The number of piperazine rings is 1. The van der Waals surface area contributed by atoms with Gasteiger partial charge in [-0.25, -0.2) is 13.4 Å². The van der Waals surface area contributed by atoms with Crippen LogP contribution in [0.3, 0.4) is 0 Å². The van der Waals surface area contributed by atoms with E-state index in [9.17, 15) is 26.4 Å². The smallest absolute Gasteiger partial charge is 0.406 e. The van der Waals surface area contributed by atoms with Crippen LogP contribution in [-0.4, -0.2) is 55.7 Å². The number of hydrogen-bond acceptors (Lipinski definition) is 8. The molecule has 1 fully saturated rings. The molecule has 1 atom stereocenters. The second-order valence-corrected chi connectivity index (χ2v) is 13.6. The van der Waals surface area contributed by atoms with Gasteiger partial charge in [0.05, 0.1) is 10.6 Å². The second-order valence-electron chi connectivity index (χ2n) is 10.7. The molecule has 2 heterocycles. The minimum atomic E-state index is -4.91. The third kappa shape index (κ3) is 7.29. The summed E-state index contributed by atoms with van der Waals surface area (Å²) in [5.41, 5.74) is 8.57. The largest absolute Gasteiger partial charge is 0.573 e. The van der Waals surface area contributed by atoms with Crippen molar-refractivity contribution in [2.75, 3.05) is 30.3 Å². The van der Waals surface area contributed by atoms with Gasteiger partial charge in [-0.1, -0.05) is 56.4 Å². The summed E-state index contributed by atoms with van der Waals surface area (Å²) in [6.45, 7) is 8.43. The van der Waals surface area contributed by atoms with Gasteiger partial charge in [-0.15, -0.1) is 13.2 Å².